The van der Waals surface area contributed by atoms with Crippen LogP contribution in [0.2, 0.25) is 5.02 Å². The van der Waals surface area contributed by atoms with Crippen LogP contribution in [0.3, 0.4) is 0 Å². The minimum absolute atomic E-state index is 0.0565. The number of hydrogen-bond donors (Lipinski definition) is 0. The summed E-state index contributed by atoms with van der Waals surface area (Å²) in [5.41, 5.74) is 0.374. The molecule has 2 rings (SSSR count). The zero-order chi connectivity index (χ0) is 13.3. The molecule has 2 aromatic heterocycles. The highest BCUT2D eigenvalue weighted by molar-refractivity contribution is 6.30. The van der Waals surface area contributed by atoms with Gasteiger partial charge < -0.3 is 9.47 Å². The van der Waals surface area contributed by atoms with E-state index in [-0.39, 0.29) is 11.3 Å². The van der Waals surface area contributed by atoms with Gasteiger partial charge in [0, 0.05) is 6.20 Å². The van der Waals surface area contributed by atoms with Crippen molar-refractivity contribution in [2.75, 3.05) is 14.2 Å². The molecule has 0 saturated carbocycles. The summed E-state index contributed by atoms with van der Waals surface area (Å²) >= 11 is 5.81. The standard InChI is InChI=1S/C11H9ClN2O4/c1-17-10(15)8-7-4-3-6(12)5-14(7)13-9(8)11(16)18-2/h3-5H,1-2H3. The number of aromatic nitrogens is 2. The topological polar surface area (TPSA) is 69.9 Å². The molecule has 0 aliphatic carbocycles. The van der Waals surface area contributed by atoms with Gasteiger partial charge in [-0.1, -0.05) is 11.6 Å². The van der Waals surface area contributed by atoms with E-state index >= 15 is 0 Å². The molecule has 2 aromatic rings. The van der Waals surface area contributed by atoms with Gasteiger partial charge in [0.15, 0.2) is 5.69 Å². The minimum Gasteiger partial charge on any atom is -0.465 e. The predicted octanol–water partition coefficient (Wildman–Crippen LogP) is 1.56. The molecule has 0 amide bonds. The van der Waals surface area contributed by atoms with E-state index < -0.39 is 11.9 Å². The van der Waals surface area contributed by atoms with Crippen molar-refractivity contribution in [2.45, 2.75) is 0 Å². The Kier molecular flexibility index (Phi) is 3.20. The Balaban J connectivity index is 2.76. The summed E-state index contributed by atoms with van der Waals surface area (Å²) in [6, 6.07) is 3.17. The molecule has 0 radical (unpaired) electrons. The van der Waals surface area contributed by atoms with Crippen molar-refractivity contribution >= 4 is 29.1 Å². The summed E-state index contributed by atoms with van der Waals surface area (Å²) < 4.78 is 10.5. The maximum Gasteiger partial charge on any atom is 0.359 e. The third kappa shape index (κ3) is 1.91. The van der Waals surface area contributed by atoms with Gasteiger partial charge in [0.05, 0.1) is 24.8 Å². The lowest BCUT2D eigenvalue weighted by atomic mass is 10.2. The predicted molar refractivity (Wildman–Crippen MR) is 62.9 cm³/mol. The van der Waals surface area contributed by atoms with Crippen molar-refractivity contribution in [2.24, 2.45) is 0 Å². The highest BCUT2D eigenvalue weighted by atomic mass is 35.5. The molecule has 0 N–H and O–H groups in total. The van der Waals surface area contributed by atoms with E-state index in [2.05, 4.69) is 14.6 Å². The smallest absolute Gasteiger partial charge is 0.359 e. The number of ether oxygens (including phenoxy) is 2. The second-order valence-corrected chi connectivity index (χ2v) is 3.82. The molecule has 0 atom stereocenters. The lowest BCUT2D eigenvalue weighted by Gasteiger charge is -1.99. The Morgan fingerprint density at radius 3 is 2.50 bits per heavy atom. The van der Waals surface area contributed by atoms with Crippen molar-refractivity contribution < 1.29 is 19.1 Å². The van der Waals surface area contributed by atoms with Crippen molar-refractivity contribution in [1.82, 2.24) is 9.61 Å². The van der Waals surface area contributed by atoms with E-state index in [0.29, 0.717) is 10.5 Å². The van der Waals surface area contributed by atoms with Gasteiger partial charge in [0.25, 0.3) is 0 Å². The SMILES string of the molecule is COC(=O)c1nn2cc(Cl)ccc2c1C(=O)OC. The summed E-state index contributed by atoms with van der Waals surface area (Å²) in [6.45, 7) is 0. The number of hydrogen-bond acceptors (Lipinski definition) is 5. The Bertz CT molecular complexity index is 635. The second-order valence-electron chi connectivity index (χ2n) is 3.38. The zero-order valence-electron chi connectivity index (χ0n) is 9.64. The van der Waals surface area contributed by atoms with Crippen LogP contribution in [0, 0.1) is 0 Å². The fraction of sp³-hybridized carbons (Fsp3) is 0.182. The highest BCUT2D eigenvalue weighted by Crippen LogP contribution is 2.20. The Morgan fingerprint density at radius 2 is 1.89 bits per heavy atom. The molecule has 0 spiro atoms. The minimum atomic E-state index is -0.713. The maximum atomic E-state index is 11.7. The van der Waals surface area contributed by atoms with E-state index in [1.165, 1.54) is 24.9 Å². The summed E-state index contributed by atoms with van der Waals surface area (Å²) in [6.07, 6.45) is 1.48. The van der Waals surface area contributed by atoms with E-state index in [9.17, 15) is 9.59 Å². The fourth-order valence-electron chi connectivity index (χ4n) is 1.57. The maximum absolute atomic E-state index is 11.7. The largest absolute Gasteiger partial charge is 0.465 e. The average molecular weight is 269 g/mol. The van der Waals surface area contributed by atoms with Crippen molar-refractivity contribution in [3.63, 3.8) is 0 Å². The van der Waals surface area contributed by atoms with Gasteiger partial charge in [0.1, 0.15) is 5.56 Å². The Hall–Kier alpha value is -2.08. The van der Waals surface area contributed by atoms with E-state index in [1.54, 1.807) is 12.1 Å². The lowest BCUT2D eigenvalue weighted by molar-refractivity contribution is 0.0553. The molecule has 0 aliphatic heterocycles. The van der Waals surface area contributed by atoms with Crippen LogP contribution in [0.15, 0.2) is 18.3 Å². The number of methoxy groups -OCH3 is 2. The van der Waals surface area contributed by atoms with Gasteiger partial charge in [-0.2, -0.15) is 5.10 Å². The van der Waals surface area contributed by atoms with Crippen LogP contribution in [-0.2, 0) is 9.47 Å². The van der Waals surface area contributed by atoms with E-state index in [1.807, 2.05) is 0 Å². The van der Waals surface area contributed by atoms with Gasteiger partial charge in [-0.3, -0.25) is 0 Å². The molecule has 0 aromatic carbocycles. The number of carbonyl (C=O) groups is 2. The van der Waals surface area contributed by atoms with Crippen LogP contribution in [0.5, 0.6) is 0 Å². The first kappa shape index (κ1) is 12.4. The third-order valence-electron chi connectivity index (χ3n) is 2.36. The van der Waals surface area contributed by atoms with Crippen molar-refractivity contribution in [3.05, 3.63) is 34.6 Å². The van der Waals surface area contributed by atoms with Gasteiger partial charge in [-0.25, -0.2) is 14.1 Å². The molecule has 0 bridgehead atoms. The van der Waals surface area contributed by atoms with Gasteiger partial charge in [-0.15, -0.1) is 0 Å². The first-order valence-corrected chi connectivity index (χ1v) is 5.30. The van der Waals surface area contributed by atoms with Crippen LogP contribution in [0.4, 0.5) is 0 Å². The highest BCUT2D eigenvalue weighted by Gasteiger charge is 2.25. The Morgan fingerprint density at radius 1 is 1.22 bits per heavy atom. The van der Waals surface area contributed by atoms with Gasteiger partial charge in [0.2, 0.25) is 0 Å². The van der Waals surface area contributed by atoms with Crippen LogP contribution in [0.1, 0.15) is 20.8 Å². The third-order valence-corrected chi connectivity index (χ3v) is 2.59. The molecule has 6 nitrogen and oxygen atoms in total. The lowest BCUT2D eigenvalue weighted by Crippen LogP contribution is -2.10. The molecule has 18 heavy (non-hydrogen) atoms. The van der Waals surface area contributed by atoms with Crippen molar-refractivity contribution in [3.8, 4) is 0 Å². The molecule has 7 heteroatoms. The number of fused-ring (bicyclic) bond motifs is 1. The van der Waals surface area contributed by atoms with Crippen LogP contribution < -0.4 is 0 Å². The van der Waals surface area contributed by atoms with Gasteiger partial charge >= 0.3 is 11.9 Å². The molecule has 0 saturated heterocycles. The summed E-state index contributed by atoms with van der Waals surface area (Å²) in [5, 5.41) is 4.40. The number of nitrogens with zero attached hydrogens (tertiary/aromatic N) is 2. The number of rotatable bonds is 2. The fourth-order valence-corrected chi connectivity index (χ4v) is 1.72. The van der Waals surface area contributed by atoms with Gasteiger partial charge in [-0.05, 0) is 12.1 Å². The summed E-state index contributed by atoms with van der Waals surface area (Å²) in [7, 11) is 2.43. The quantitative estimate of drug-likeness (QED) is 0.773. The van der Waals surface area contributed by atoms with E-state index in [0.717, 1.165) is 0 Å². The molecular weight excluding hydrogens is 260 g/mol. The average Bonchev–Trinajstić information content (AvgIpc) is 2.75. The molecule has 0 unspecified atom stereocenters. The van der Waals surface area contributed by atoms with E-state index in [4.69, 9.17) is 11.6 Å². The summed E-state index contributed by atoms with van der Waals surface area (Å²) in [4.78, 5) is 23.3. The first-order chi connectivity index (χ1) is 8.58. The second kappa shape index (κ2) is 4.66. The molecule has 94 valence electrons. The number of pyridine rings is 1. The molecule has 2 heterocycles. The van der Waals surface area contributed by atoms with Crippen LogP contribution in [-0.4, -0.2) is 35.8 Å². The molecule has 0 aliphatic rings. The molecular formula is C11H9ClN2O4. The monoisotopic (exact) mass is 268 g/mol. The normalized spacial score (nSPS) is 10.4. The number of esters is 2. The zero-order valence-corrected chi connectivity index (χ0v) is 10.4. The number of carbonyl (C=O) groups excluding carboxylic acids is 2. The van der Waals surface area contributed by atoms with Crippen LogP contribution >= 0.6 is 11.6 Å². The first-order valence-electron chi connectivity index (χ1n) is 4.93. The molecule has 0 fully saturated rings. The number of halogens is 1. The summed E-state index contributed by atoms with van der Waals surface area (Å²) in [5.74, 6) is -1.37. The van der Waals surface area contributed by atoms with Crippen LogP contribution in [0.25, 0.3) is 5.52 Å². The van der Waals surface area contributed by atoms with Crippen molar-refractivity contribution in [1.29, 1.82) is 0 Å². The Labute approximate surface area is 107 Å².